The van der Waals surface area contributed by atoms with Crippen molar-refractivity contribution in [1.82, 2.24) is 14.8 Å². The second kappa shape index (κ2) is 7.54. The number of thioether (sulfide) groups is 1. The molecule has 0 bridgehead atoms. The lowest BCUT2D eigenvalue weighted by Gasteiger charge is -2.05. The molecule has 4 rings (SSSR count). The highest BCUT2D eigenvalue weighted by Gasteiger charge is 2.17. The largest absolute Gasteiger partial charge is 0.344 e. The molecular formula is C20H17N3O2S2. The SMILES string of the molecule is Cc1c(C(=O)CSc2n[nH]c(=O)n2Cc2ccccc2)sc2ccccc12. The van der Waals surface area contributed by atoms with E-state index in [2.05, 4.69) is 10.2 Å². The third-order valence-corrected chi connectivity index (χ3v) is 6.63. The second-order valence-corrected chi connectivity index (χ2v) is 8.14. The van der Waals surface area contributed by atoms with E-state index in [0.29, 0.717) is 11.7 Å². The zero-order valence-electron chi connectivity index (χ0n) is 14.6. The average molecular weight is 396 g/mol. The summed E-state index contributed by atoms with van der Waals surface area (Å²) in [7, 11) is 0. The summed E-state index contributed by atoms with van der Waals surface area (Å²) in [5, 5.41) is 8.21. The molecule has 0 aliphatic rings. The molecule has 0 amide bonds. The van der Waals surface area contributed by atoms with Gasteiger partial charge in [-0.15, -0.1) is 16.4 Å². The molecule has 4 aromatic rings. The molecule has 136 valence electrons. The van der Waals surface area contributed by atoms with Crippen molar-refractivity contribution in [2.75, 3.05) is 5.75 Å². The molecule has 5 nitrogen and oxygen atoms in total. The Bertz CT molecular complexity index is 1160. The maximum atomic E-state index is 12.7. The average Bonchev–Trinajstić information content (AvgIpc) is 3.21. The van der Waals surface area contributed by atoms with E-state index in [0.717, 1.165) is 26.1 Å². The van der Waals surface area contributed by atoms with Gasteiger partial charge in [0.1, 0.15) is 0 Å². The minimum Gasteiger partial charge on any atom is -0.292 e. The predicted molar refractivity (Wildman–Crippen MR) is 110 cm³/mol. The summed E-state index contributed by atoms with van der Waals surface area (Å²) in [6.07, 6.45) is 0. The Morgan fingerprint density at radius 1 is 1.15 bits per heavy atom. The summed E-state index contributed by atoms with van der Waals surface area (Å²) in [4.78, 5) is 25.6. The van der Waals surface area contributed by atoms with Gasteiger partial charge >= 0.3 is 5.69 Å². The van der Waals surface area contributed by atoms with Crippen LogP contribution in [0.3, 0.4) is 0 Å². The van der Waals surface area contributed by atoms with Gasteiger partial charge in [0.05, 0.1) is 17.2 Å². The fourth-order valence-corrected chi connectivity index (χ4v) is 5.01. The van der Waals surface area contributed by atoms with Crippen LogP contribution in [0.2, 0.25) is 0 Å². The van der Waals surface area contributed by atoms with Crippen LogP contribution in [0.15, 0.2) is 64.5 Å². The number of H-pyrrole nitrogens is 1. The standard InChI is InChI=1S/C20H17N3O2S2/c1-13-15-9-5-6-10-17(15)27-18(13)16(24)12-26-20-22-21-19(25)23(20)11-14-7-3-2-4-8-14/h2-10H,11-12H2,1H3,(H,21,25). The summed E-state index contributed by atoms with van der Waals surface area (Å²) in [5.41, 5.74) is 1.76. The maximum Gasteiger partial charge on any atom is 0.344 e. The van der Waals surface area contributed by atoms with Gasteiger partial charge in [-0.2, -0.15) is 0 Å². The third kappa shape index (κ3) is 3.61. The molecule has 2 aromatic carbocycles. The number of hydrogen-bond donors (Lipinski definition) is 1. The van der Waals surface area contributed by atoms with Gasteiger partial charge in [0, 0.05) is 4.70 Å². The zero-order valence-corrected chi connectivity index (χ0v) is 16.3. The van der Waals surface area contributed by atoms with E-state index in [4.69, 9.17) is 0 Å². The van der Waals surface area contributed by atoms with Crippen molar-refractivity contribution in [1.29, 1.82) is 0 Å². The fourth-order valence-electron chi connectivity index (χ4n) is 2.95. The smallest absolute Gasteiger partial charge is 0.292 e. The molecule has 0 atom stereocenters. The topological polar surface area (TPSA) is 67.8 Å². The van der Waals surface area contributed by atoms with Gasteiger partial charge in [-0.25, -0.2) is 9.89 Å². The molecule has 0 aliphatic carbocycles. The first-order valence-corrected chi connectivity index (χ1v) is 10.3. The maximum absolute atomic E-state index is 12.7. The number of aryl methyl sites for hydroxylation is 1. The Kier molecular flexibility index (Phi) is 4.96. The van der Waals surface area contributed by atoms with Gasteiger partial charge in [0.15, 0.2) is 10.9 Å². The van der Waals surface area contributed by atoms with E-state index in [1.165, 1.54) is 23.1 Å². The number of fused-ring (bicyclic) bond motifs is 1. The summed E-state index contributed by atoms with van der Waals surface area (Å²) in [5.74, 6) is 0.299. The number of carbonyl (C=O) groups is 1. The highest BCUT2D eigenvalue weighted by molar-refractivity contribution is 7.99. The molecule has 0 fully saturated rings. The van der Waals surface area contributed by atoms with Gasteiger partial charge in [-0.3, -0.25) is 9.36 Å². The number of Topliss-reactive ketones (excluding diaryl/α,β-unsaturated/α-hetero) is 1. The summed E-state index contributed by atoms with van der Waals surface area (Å²) in [6.45, 7) is 2.41. The van der Waals surface area contributed by atoms with Gasteiger partial charge in [-0.1, -0.05) is 60.3 Å². The van der Waals surface area contributed by atoms with Crippen LogP contribution in [0.4, 0.5) is 0 Å². The summed E-state index contributed by atoms with van der Waals surface area (Å²) < 4.78 is 2.68. The van der Waals surface area contributed by atoms with Crippen molar-refractivity contribution in [2.24, 2.45) is 0 Å². The second-order valence-electron chi connectivity index (χ2n) is 6.15. The van der Waals surface area contributed by atoms with Crippen LogP contribution in [-0.2, 0) is 6.54 Å². The number of aromatic nitrogens is 3. The molecule has 0 spiro atoms. The first kappa shape index (κ1) is 17.8. The third-order valence-electron chi connectivity index (χ3n) is 4.34. The summed E-state index contributed by atoms with van der Waals surface area (Å²) >= 11 is 2.81. The Morgan fingerprint density at radius 3 is 2.67 bits per heavy atom. The van der Waals surface area contributed by atoms with Crippen LogP contribution in [0.25, 0.3) is 10.1 Å². The van der Waals surface area contributed by atoms with Crippen molar-refractivity contribution in [2.45, 2.75) is 18.6 Å². The molecule has 0 saturated heterocycles. The lowest BCUT2D eigenvalue weighted by molar-refractivity contribution is 0.102. The summed E-state index contributed by atoms with van der Waals surface area (Å²) in [6, 6.07) is 17.7. The monoisotopic (exact) mass is 395 g/mol. The zero-order chi connectivity index (χ0) is 18.8. The molecule has 0 saturated carbocycles. The van der Waals surface area contributed by atoms with E-state index in [1.807, 2.05) is 61.5 Å². The number of nitrogens with zero attached hydrogens (tertiary/aromatic N) is 2. The normalized spacial score (nSPS) is 11.1. The van der Waals surface area contributed by atoms with Crippen LogP contribution in [0.1, 0.15) is 20.8 Å². The van der Waals surface area contributed by atoms with E-state index in [1.54, 1.807) is 4.57 Å². The number of hydrogen-bond acceptors (Lipinski definition) is 5. The van der Waals surface area contributed by atoms with Gasteiger partial charge in [0.2, 0.25) is 0 Å². The van der Waals surface area contributed by atoms with Crippen molar-refractivity contribution >= 4 is 39.0 Å². The Balaban J connectivity index is 1.52. The minimum atomic E-state index is -0.271. The molecule has 7 heteroatoms. The highest BCUT2D eigenvalue weighted by atomic mass is 32.2. The Morgan fingerprint density at radius 2 is 1.89 bits per heavy atom. The van der Waals surface area contributed by atoms with Crippen molar-refractivity contribution in [3.8, 4) is 0 Å². The number of benzene rings is 2. The predicted octanol–water partition coefficient (Wildman–Crippen LogP) is 4.12. The van der Waals surface area contributed by atoms with Gasteiger partial charge in [-0.05, 0) is 29.5 Å². The fraction of sp³-hybridized carbons (Fsp3) is 0.150. The van der Waals surface area contributed by atoms with E-state index < -0.39 is 0 Å². The van der Waals surface area contributed by atoms with Crippen molar-refractivity contribution in [3.63, 3.8) is 0 Å². The van der Waals surface area contributed by atoms with Crippen molar-refractivity contribution < 1.29 is 4.79 Å². The lowest BCUT2D eigenvalue weighted by Crippen LogP contribution is -2.18. The van der Waals surface area contributed by atoms with Crippen molar-refractivity contribution in [3.05, 3.63) is 81.1 Å². The van der Waals surface area contributed by atoms with Crippen LogP contribution in [0.5, 0.6) is 0 Å². The first-order valence-electron chi connectivity index (χ1n) is 8.47. The minimum absolute atomic E-state index is 0.0559. The highest BCUT2D eigenvalue weighted by Crippen LogP contribution is 2.31. The van der Waals surface area contributed by atoms with E-state index >= 15 is 0 Å². The Labute approximate surface area is 164 Å². The van der Waals surface area contributed by atoms with Crippen LogP contribution in [-0.4, -0.2) is 26.3 Å². The van der Waals surface area contributed by atoms with E-state index in [9.17, 15) is 9.59 Å². The molecule has 2 heterocycles. The number of ketones is 1. The number of nitrogens with one attached hydrogen (secondary N) is 1. The molecular weight excluding hydrogens is 378 g/mol. The molecule has 2 aromatic heterocycles. The molecule has 0 unspecified atom stereocenters. The lowest BCUT2D eigenvalue weighted by atomic mass is 10.1. The molecule has 0 radical (unpaired) electrons. The van der Waals surface area contributed by atoms with Crippen LogP contribution in [0, 0.1) is 6.92 Å². The number of aromatic amines is 1. The number of rotatable bonds is 6. The number of thiophene rings is 1. The van der Waals surface area contributed by atoms with E-state index in [-0.39, 0.29) is 17.2 Å². The molecule has 27 heavy (non-hydrogen) atoms. The Hall–Kier alpha value is -2.64. The van der Waals surface area contributed by atoms with Gasteiger partial charge < -0.3 is 0 Å². The molecule has 1 N–H and O–H groups in total. The number of carbonyl (C=O) groups excluding carboxylic acids is 1. The van der Waals surface area contributed by atoms with Crippen LogP contribution >= 0.6 is 23.1 Å². The molecule has 0 aliphatic heterocycles. The first-order chi connectivity index (χ1) is 13.1. The van der Waals surface area contributed by atoms with Gasteiger partial charge in [0.25, 0.3) is 0 Å². The van der Waals surface area contributed by atoms with Crippen LogP contribution < -0.4 is 5.69 Å². The quantitative estimate of drug-likeness (QED) is 0.394.